The van der Waals surface area contributed by atoms with Gasteiger partial charge in [0.25, 0.3) is 0 Å². The van der Waals surface area contributed by atoms with E-state index in [1.807, 2.05) is 0 Å². The van der Waals surface area contributed by atoms with E-state index in [4.69, 9.17) is 0 Å². The molecule has 0 saturated heterocycles. The average molecular weight is 93.6 g/mol. The van der Waals surface area contributed by atoms with E-state index in [1.165, 1.54) is 0 Å². The molecule has 0 spiro atoms. The van der Waals surface area contributed by atoms with Crippen molar-refractivity contribution in [2.24, 2.45) is 0 Å². The maximum Gasteiger partial charge on any atom is 0.103 e. The van der Waals surface area contributed by atoms with Crippen LogP contribution in [0.2, 0.25) is 11.0 Å². The first-order chi connectivity index (χ1) is 2.94. The number of hydrogen-bond acceptors (Lipinski definition) is 0. The highest BCUT2D eigenvalue weighted by atomic mass is 14.0. The fraction of sp³-hybridized carbons (Fsp3) is 1.00. The predicted molar refractivity (Wildman–Crippen MR) is 43.4 cm³/mol. The zero-order chi connectivity index (χ0) is 6.08. The van der Waals surface area contributed by atoms with Gasteiger partial charge < -0.3 is 0 Å². The first-order valence-electron chi connectivity index (χ1n) is 2.94. The maximum absolute atomic E-state index is 2.26. The summed E-state index contributed by atoms with van der Waals surface area (Å²) >= 11 is 0. The van der Waals surface area contributed by atoms with Gasteiger partial charge >= 0.3 is 0 Å². The van der Waals surface area contributed by atoms with Crippen LogP contribution in [0.4, 0.5) is 0 Å². The van der Waals surface area contributed by atoms with Crippen LogP contribution >= 0.6 is 0 Å². The Morgan fingerprint density at radius 2 is 1.57 bits per heavy atom. The zero-order valence-corrected chi connectivity index (χ0v) is 6.08. The van der Waals surface area contributed by atoms with E-state index in [0.717, 1.165) is 5.82 Å². The smallest absolute Gasteiger partial charge is 0.0915 e. The molecule has 0 bridgehead atoms. The summed E-state index contributed by atoms with van der Waals surface area (Å²) in [6, 6.07) is 0. The second-order valence-corrected chi connectivity index (χ2v) is 3.52. The summed E-state index contributed by atoms with van der Waals surface area (Å²) in [6.07, 6.45) is 0. The fourth-order valence-electron chi connectivity index (χ4n) is 0. The van der Waals surface area contributed by atoms with Crippen LogP contribution in [0.5, 0.6) is 0 Å². The summed E-state index contributed by atoms with van der Waals surface area (Å²) in [4.78, 5) is 0. The molecule has 0 nitrogen and oxygen atoms in total. The zero-order valence-electron chi connectivity index (χ0n) is 6.08. The van der Waals surface area contributed by atoms with Gasteiger partial charge in [-0.05, 0) is 0 Å². The van der Waals surface area contributed by atoms with Crippen molar-refractivity contribution >= 4 is 23.5 Å². The molecule has 0 aliphatic rings. The highest BCUT2D eigenvalue weighted by Gasteiger charge is 2.14. The minimum atomic E-state index is 0.500. The maximum atomic E-state index is 2.26. The molecule has 1 atom stereocenters. The summed E-state index contributed by atoms with van der Waals surface area (Å²) in [5, 5.41) is 0.500. The first-order valence-corrected chi connectivity index (χ1v) is 2.94. The summed E-state index contributed by atoms with van der Waals surface area (Å²) in [7, 11) is 6.77. The lowest BCUT2D eigenvalue weighted by Crippen LogP contribution is -2.12. The molecule has 0 radical (unpaired) electrons. The normalized spacial score (nSPS) is 16.3. The standard InChI is InChI=1S/C4H13B3/c1-3(5)4(2,6)7/h3H,5-7H2,1-2H3. The Morgan fingerprint density at radius 1 is 1.43 bits per heavy atom. The van der Waals surface area contributed by atoms with Gasteiger partial charge in [0.05, 0.1) is 15.7 Å². The van der Waals surface area contributed by atoms with Crippen LogP contribution in [0.25, 0.3) is 0 Å². The Labute approximate surface area is 49.3 Å². The van der Waals surface area contributed by atoms with Gasteiger partial charge in [0.15, 0.2) is 0 Å². The van der Waals surface area contributed by atoms with Crippen LogP contribution in [-0.2, 0) is 0 Å². The van der Waals surface area contributed by atoms with E-state index in [1.54, 1.807) is 0 Å². The highest BCUT2D eigenvalue weighted by Crippen LogP contribution is 2.27. The fourth-order valence-corrected chi connectivity index (χ4v) is 0. The molecule has 3 heteroatoms. The third kappa shape index (κ3) is 2.84. The lowest BCUT2D eigenvalue weighted by molar-refractivity contribution is 0.800. The van der Waals surface area contributed by atoms with Crippen molar-refractivity contribution < 1.29 is 0 Å². The van der Waals surface area contributed by atoms with Crippen LogP contribution in [0.15, 0.2) is 0 Å². The third-order valence-electron chi connectivity index (χ3n) is 1.73. The molecule has 7 heavy (non-hydrogen) atoms. The van der Waals surface area contributed by atoms with Crippen molar-refractivity contribution in [1.82, 2.24) is 0 Å². The molecule has 0 saturated carbocycles. The van der Waals surface area contributed by atoms with Gasteiger partial charge in [0, 0.05) is 0 Å². The topological polar surface area (TPSA) is 0 Å². The quantitative estimate of drug-likeness (QED) is 0.359. The summed E-state index contributed by atoms with van der Waals surface area (Å²) in [6.45, 7) is 4.51. The van der Waals surface area contributed by atoms with Gasteiger partial charge in [-0.1, -0.05) is 24.9 Å². The van der Waals surface area contributed by atoms with Gasteiger partial charge in [-0.2, -0.15) is 0 Å². The Bertz CT molecular complexity index is 52.4. The van der Waals surface area contributed by atoms with Gasteiger partial charge in [-0.15, -0.1) is 0 Å². The molecule has 0 aliphatic carbocycles. The van der Waals surface area contributed by atoms with Crippen molar-refractivity contribution in [1.29, 1.82) is 0 Å². The van der Waals surface area contributed by atoms with Crippen LogP contribution in [0.3, 0.4) is 0 Å². The highest BCUT2D eigenvalue weighted by molar-refractivity contribution is 6.43. The van der Waals surface area contributed by atoms with Crippen molar-refractivity contribution in [3.63, 3.8) is 0 Å². The Morgan fingerprint density at radius 3 is 1.57 bits per heavy atom. The average Bonchev–Trinajstić information content (AvgIpc) is 1.31. The van der Waals surface area contributed by atoms with Crippen LogP contribution in [-0.4, -0.2) is 23.5 Å². The van der Waals surface area contributed by atoms with Crippen LogP contribution in [0.1, 0.15) is 13.8 Å². The van der Waals surface area contributed by atoms with E-state index >= 15 is 0 Å². The van der Waals surface area contributed by atoms with Gasteiger partial charge in [-0.25, -0.2) is 0 Å². The Balaban J connectivity index is 3.54. The van der Waals surface area contributed by atoms with E-state index in [0.29, 0.717) is 5.21 Å². The minimum absolute atomic E-state index is 0.500. The molecule has 38 valence electrons. The largest absolute Gasteiger partial charge is 0.103 e. The molecule has 1 unspecified atom stereocenters. The minimum Gasteiger partial charge on any atom is -0.0915 e. The van der Waals surface area contributed by atoms with Crippen molar-refractivity contribution in [3.8, 4) is 0 Å². The number of rotatable bonds is 1. The summed E-state index contributed by atoms with van der Waals surface area (Å²) < 4.78 is 0. The van der Waals surface area contributed by atoms with E-state index < -0.39 is 0 Å². The third-order valence-corrected chi connectivity index (χ3v) is 1.73. The number of hydrogen-bond donors (Lipinski definition) is 0. The second-order valence-electron chi connectivity index (χ2n) is 3.52. The molecule has 0 aromatic carbocycles. The van der Waals surface area contributed by atoms with E-state index in [-0.39, 0.29) is 0 Å². The van der Waals surface area contributed by atoms with Crippen molar-refractivity contribution in [3.05, 3.63) is 0 Å². The Kier molecular flexibility index (Phi) is 2.03. The summed E-state index contributed by atoms with van der Waals surface area (Å²) in [5.41, 5.74) is 0. The lowest BCUT2D eigenvalue weighted by atomic mass is 9.45. The lowest BCUT2D eigenvalue weighted by Gasteiger charge is -2.22. The van der Waals surface area contributed by atoms with E-state index in [2.05, 4.69) is 37.4 Å². The molecule has 0 aliphatic heterocycles. The van der Waals surface area contributed by atoms with Gasteiger partial charge in [-0.3, -0.25) is 0 Å². The Hall–Kier alpha value is 0.195. The first kappa shape index (κ1) is 7.19. The molecule has 0 N–H and O–H groups in total. The molecule has 0 rings (SSSR count). The van der Waals surface area contributed by atoms with E-state index in [9.17, 15) is 0 Å². The van der Waals surface area contributed by atoms with Crippen molar-refractivity contribution in [2.75, 3.05) is 0 Å². The molecule has 0 heterocycles. The van der Waals surface area contributed by atoms with Crippen molar-refractivity contribution in [2.45, 2.75) is 24.9 Å². The molecule has 0 aromatic rings. The molecular formula is C4H13B3. The molecule has 0 amide bonds. The van der Waals surface area contributed by atoms with Crippen LogP contribution in [0, 0.1) is 0 Å². The van der Waals surface area contributed by atoms with Crippen LogP contribution < -0.4 is 0 Å². The predicted octanol–water partition coefficient (Wildman–Crippen LogP) is -1.17. The molecular weight excluding hydrogens is 80.5 g/mol. The van der Waals surface area contributed by atoms with Gasteiger partial charge in [0.2, 0.25) is 0 Å². The monoisotopic (exact) mass is 94.1 g/mol. The molecule has 0 aromatic heterocycles. The summed E-state index contributed by atoms with van der Waals surface area (Å²) in [5.74, 6) is 0.799. The van der Waals surface area contributed by atoms with Gasteiger partial charge in [0.1, 0.15) is 7.85 Å². The molecule has 0 fully saturated rings. The second kappa shape index (κ2) is 1.98. The SMILES string of the molecule is BC(C)C(B)(B)C.